The normalized spacial score (nSPS) is 15.1. The van der Waals surface area contributed by atoms with Gasteiger partial charge in [0, 0.05) is 55.4 Å². The number of carbonyl (C=O) groups is 1. The van der Waals surface area contributed by atoms with Crippen LogP contribution in [0.15, 0.2) is 54.0 Å². The molecule has 0 atom stereocenters. The van der Waals surface area contributed by atoms with E-state index in [1.165, 1.54) is 0 Å². The van der Waals surface area contributed by atoms with Gasteiger partial charge in [-0.25, -0.2) is 9.97 Å². The van der Waals surface area contributed by atoms with Crippen LogP contribution in [0.4, 0.5) is 0 Å². The first kappa shape index (κ1) is 18.1. The molecule has 1 aliphatic heterocycles. The predicted molar refractivity (Wildman–Crippen MR) is 108 cm³/mol. The second-order valence-electron chi connectivity index (χ2n) is 6.45. The molecule has 0 N–H and O–H groups in total. The summed E-state index contributed by atoms with van der Waals surface area (Å²) >= 11 is 7.57. The highest BCUT2D eigenvalue weighted by Crippen LogP contribution is 2.24. The molecule has 3 heterocycles. The number of pyridine rings is 1. The Balaban J connectivity index is 1.33. The molecule has 1 fully saturated rings. The summed E-state index contributed by atoms with van der Waals surface area (Å²) < 4.78 is 0. The molecular formula is C20H19ClN4OS. The number of benzene rings is 1. The van der Waals surface area contributed by atoms with E-state index in [2.05, 4.69) is 27.4 Å². The lowest BCUT2D eigenvalue weighted by Gasteiger charge is -2.34. The third-order valence-electron chi connectivity index (χ3n) is 4.59. The predicted octanol–water partition coefficient (Wildman–Crippen LogP) is 3.82. The molecule has 2 aromatic heterocycles. The van der Waals surface area contributed by atoms with Gasteiger partial charge in [-0.3, -0.25) is 9.69 Å². The lowest BCUT2D eigenvalue weighted by Crippen LogP contribution is -2.48. The smallest absolute Gasteiger partial charge is 0.254 e. The van der Waals surface area contributed by atoms with E-state index in [1.54, 1.807) is 29.7 Å². The fourth-order valence-corrected chi connectivity index (χ4v) is 4.14. The fraction of sp³-hybridized carbons (Fsp3) is 0.250. The van der Waals surface area contributed by atoms with E-state index in [0.717, 1.165) is 35.9 Å². The first-order valence-electron chi connectivity index (χ1n) is 8.82. The topological polar surface area (TPSA) is 49.3 Å². The van der Waals surface area contributed by atoms with Crippen LogP contribution in [-0.2, 0) is 6.54 Å². The summed E-state index contributed by atoms with van der Waals surface area (Å²) in [6.45, 7) is 3.89. The van der Waals surface area contributed by atoms with E-state index in [4.69, 9.17) is 16.6 Å². The van der Waals surface area contributed by atoms with E-state index in [9.17, 15) is 4.79 Å². The maximum absolute atomic E-state index is 12.6. The summed E-state index contributed by atoms with van der Waals surface area (Å²) in [5.74, 6) is 0.0129. The van der Waals surface area contributed by atoms with Crippen molar-refractivity contribution in [1.29, 1.82) is 0 Å². The standard InChI is InChI=1S/C20H19ClN4OS/c21-18-12-16(6-7-22-18)20(26)25-10-8-24(9-11-25)13-17-14-27-19(23-17)15-4-2-1-3-5-15/h1-7,12,14H,8-11,13H2. The average molecular weight is 399 g/mol. The molecule has 0 radical (unpaired) electrons. The summed E-state index contributed by atoms with van der Waals surface area (Å²) in [5, 5.41) is 3.52. The Labute approximate surface area is 167 Å². The largest absolute Gasteiger partial charge is 0.336 e. The van der Waals surface area contributed by atoms with Crippen LogP contribution in [0.5, 0.6) is 0 Å². The van der Waals surface area contributed by atoms with Gasteiger partial charge in [-0.05, 0) is 12.1 Å². The van der Waals surface area contributed by atoms with Gasteiger partial charge in [0.2, 0.25) is 0 Å². The minimum atomic E-state index is 0.0129. The van der Waals surface area contributed by atoms with Crippen LogP contribution in [0.3, 0.4) is 0 Å². The molecule has 1 aliphatic rings. The van der Waals surface area contributed by atoms with Crippen molar-refractivity contribution in [3.63, 3.8) is 0 Å². The lowest BCUT2D eigenvalue weighted by atomic mass is 10.2. The van der Waals surface area contributed by atoms with Crippen LogP contribution >= 0.6 is 22.9 Å². The highest BCUT2D eigenvalue weighted by atomic mass is 35.5. The highest BCUT2D eigenvalue weighted by molar-refractivity contribution is 7.13. The quantitative estimate of drug-likeness (QED) is 0.627. The Hall–Kier alpha value is -2.28. The first-order valence-corrected chi connectivity index (χ1v) is 10.1. The van der Waals surface area contributed by atoms with Gasteiger partial charge in [0.1, 0.15) is 10.2 Å². The van der Waals surface area contributed by atoms with Crippen molar-refractivity contribution in [3.8, 4) is 10.6 Å². The van der Waals surface area contributed by atoms with Crippen molar-refractivity contribution in [1.82, 2.24) is 19.8 Å². The fourth-order valence-electron chi connectivity index (χ4n) is 3.15. The molecule has 27 heavy (non-hydrogen) atoms. The van der Waals surface area contributed by atoms with Crippen LogP contribution in [0.1, 0.15) is 16.1 Å². The van der Waals surface area contributed by atoms with Gasteiger partial charge < -0.3 is 4.90 Å². The molecule has 5 nitrogen and oxygen atoms in total. The SMILES string of the molecule is O=C(c1ccnc(Cl)c1)N1CCN(Cc2csc(-c3ccccc3)n2)CC1. The van der Waals surface area contributed by atoms with E-state index in [-0.39, 0.29) is 5.91 Å². The van der Waals surface area contributed by atoms with E-state index >= 15 is 0 Å². The zero-order chi connectivity index (χ0) is 18.6. The molecule has 138 valence electrons. The van der Waals surface area contributed by atoms with Gasteiger partial charge >= 0.3 is 0 Å². The van der Waals surface area contributed by atoms with E-state index < -0.39 is 0 Å². The Kier molecular flexibility index (Phi) is 5.48. The number of halogens is 1. The lowest BCUT2D eigenvalue weighted by molar-refractivity contribution is 0.0627. The van der Waals surface area contributed by atoms with Gasteiger partial charge in [0.25, 0.3) is 5.91 Å². The van der Waals surface area contributed by atoms with Crippen LogP contribution in [0, 0.1) is 0 Å². The second-order valence-corrected chi connectivity index (χ2v) is 7.69. The first-order chi connectivity index (χ1) is 13.2. The van der Waals surface area contributed by atoms with Gasteiger partial charge in [-0.15, -0.1) is 11.3 Å². The van der Waals surface area contributed by atoms with Crippen LogP contribution < -0.4 is 0 Å². The zero-order valence-electron chi connectivity index (χ0n) is 14.7. The molecule has 0 spiro atoms. The Morgan fingerprint density at radius 3 is 2.63 bits per heavy atom. The minimum Gasteiger partial charge on any atom is -0.336 e. The van der Waals surface area contributed by atoms with Gasteiger partial charge in [0.05, 0.1) is 5.69 Å². The van der Waals surface area contributed by atoms with E-state index in [1.807, 2.05) is 23.1 Å². The van der Waals surface area contributed by atoms with Gasteiger partial charge in [0.15, 0.2) is 0 Å². The Bertz CT molecular complexity index is 922. The number of thiazole rings is 1. The molecule has 4 rings (SSSR count). The summed E-state index contributed by atoms with van der Waals surface area (Å²) in [5.41, 5.74) is 2.83. The molecule has 0 saturated carbocycles. The maximum Gasteiger partial charge on any atom is 0.254 e. The summed E-state index contributed by atoms with van der Waals surface area (Å²) in [6, 6.07) is 13.6. The molecule has 3 aromatic rings. The van der Waals surface area contributed by atoms with Crippen molar-refractivity contribution in [2.24, 2.45) is 0 Å². The molecular weight excluding hydrogens is 380 g/mol. The Morgan fingerprint density at radius 1 is 1.11 bits per heavy atom. The highest BCUT2D eigenvalue weighted by Gasteiger charge is 2.23. The maximum atomic E-state index is 12.6. The number of carbonyl (C=O) groups excluding carboxylic acids is 1. The third kappa shape index (κ3) is 4.35. The number of rotatable bonds is 4. The minimum absolute atomic E-state index is 0.0129. The van der Waals surface area contributed by atoms with Gasteiger partial charge in [-0.2, -0.15) is 0 Å². The number of hydrogen-bond acceptors (Lipinski definition) is 5. The zero-order valence-corrected chi connectivity index (χ0v) is 16.3. The van der Waals surface area contributed by atoms with Crippen molar-refractivity contribution >= 4 is 28.8 Å². The van der Waals surface area contributed by atoms with E-state index in [0.29, 0.717) is 23.8 Å². The number of piperazine rings is 1. The number of aromatic nitrogens is 2. The van der Waals surface area contributed by atoms with Crippen LogP contribution in [-0.4, -0.2) is 51.9 Å². The molecule has 1 amide bonds. The molecule has 0 aliphatic carbocycles. The Morgan fingerprint density at radius 2 is 1.89 bits per heavy atom. The molecule has 0 unspecified atom stereocenters. The number of amides is 1. The monoisotopic (exact) mass is 398 g/mol. The molecule has 7 heteroatoms. The number of hydrogen-bond donors (Lipinski definition) is 0. The van der Waals surface area contributed by atoms with Crippen molar-refractivity contribution in [3.05, 3.63) is 70.5 Å². The molecule has 1 aromatic carbocycles. The van der Waals surface area contributed by atoms with Gasteiger partial charge in [-0.1, -0.05) is 41.9 Å². The summed E-state index contributed by atoms with van der Waals surface area (Å²) in [7, 11) is 0. The third-order valence-corrected chi connectivity index (χ3v) is 5.74. The van der Waals surface area contributed by atoms with Crippen molar-refractivity contribution in [2.45, 2.75) is 6.54 Å². The van der Waals surface area contributed by atoms with Crippen molar-refractivity contribution < 1.29 is 4.79 Å². The van der Waals surface area contributed by atoms with Crippen LogP contribution in [0.25, 0.3) is 10.6 Å². The number of nitrogens with zero attached hydrogens (tertiary/aromatic N) is 4. The second kappa shape index (κ2) is 8.17. The summed E-state index contributed by atoms with van der Waals surface area (Å²) in [6.07, 6.45) is 1.57. The average Bonchev–Trinajstić information content (AvgIpc) is 3.17. The van der Waals surface area contributed by atoms with Crippen molar-refractivity contribution in [2.75, 3.05) is 26.2 Å². The molecule has 0 bridgehead atoms. The van der Waals surface area contributed by atoms with Crippen LogP contribution in [0.2, 0.25) is 5.15 Å². The molecule has 1 saturated heterocycles. The summed E-state index contributed by atoms with van der Waals surface area (Å²) in [4.78, 5) is 25.5.